The van der Waals surface area contributed by atoms with Gasteiger partial charge in [-0.3, -0.25) is 0 Å². The molecule has 2 fully saturated rings. The number of fused-ring (bicyclic) bond motifs is 3. The van der Waals surface area contributed by atoms with E-state index in [-0.39, 0.29) is 0 Å². The number of benzene rings is 1. The molecule has 1 saturated carbocycles. The lowest BCUT2D eigenvalue weighted by atomic mass is 9.93. The first-order valence-electron chi connectivity index (χ1n) is 11.6. The van der Waals surface area contributed by atoms with Gasteiger partial charge in [0.1, 0.15) is 0 Å². The Labute approximate surface area is 172 Å². The van der Waals surface area contributed by atoms with Gasteiger partial charge in [0.2, 0.25) is 5.78 Å². The fourth-order valence-electron chi connectivity index (χ4n) is 5.42. The first kappa shape index (κ1) is 18.9. The first-order chi connectivity index (χ1) is 14.3. The lowest BCUT2D eigenvalue weighted by Gasteiger charge is -2.39. The van der Waals surface area contributed by atoms with Crippen molar-refractivity contribution in [2.75, 3.05) is 19.7 Å². The van der Waals surface area contributed by atoms with Crippen LogP contribution in [0.5, 0.6) is 6.01 Å². The van der Waals surface area contributed by atoms with Gasteiger partial charge in [-0.2, -0.15) is 9.50 Å². The van der Waals surface area contributed by atoms with E-state index in [1.54, 1.807) is 0 Å². The third kappa shape index (κ3) is 3.63. The maximum absolute atomic E-state index is 5.59. The minimum absolute atomic E-state index is 0.473. The minimum Gasteiger partial charge on any atom is -0.463 e. The zero-order chi connectivity index (χ0) is 19.6. The number of likely N-dealkylation sites (tertiary alicyclic amines) is 1. The summed E-state index contributed by atoms with van der Waals surface area (Å²) in [6.07, 6.45) is 12.3. The molecule has 0 amide bonds. The van der Waals surface area contributed by atoms with E-state index in [1.165, 1.54) is 76.4 Å². The SMILES string of the molecule is CCOc1nc2n(C3CCN(C4CCCCCCC4)CC3)c3ccccc3n2n1. The lowest BCUT2D eigenvalue weighted by molar-refractivity contribution is 0.117. The predicted octanol–water partition coefficient (Wildman–Crippen LogP) is 4.83. The third-order valence-electron chi connectivity index (χ3n) is 6.88. The fraction of sp³-hybridized carbons (Fsp3) is 0.652. The van der Waals surface area contributed by atoms with Gasteiger partial charge >= 0.3 is 6.01 Å². The van der Waals surface area contributed by atoms with E-state index in [9.17, 15) is 0 Å². The Hall–Kier alpha value is -2.08. The molecule has 156 valence electrons. The van der Waals surface area contributed by atoms with Crippen LogP contribution in [0.3, 0.4) is 0 Å². The molecule has 1 aliphatic carbocycles. The molecule has 3 aromatic rings. The molecule has 0 spiro atoms. The lowest BCUT2D eigenvalue weighted by Crippen LogP contribution is -2.42. The van der Waals surface area contributed by atoms with Crippen LogP contribution in [0.15, 0.2) is 24.3 Å². The molecule has 0 N–H and O–H groups in total. The van der Waals surface area contributed by atoms with Gasteiger partial charge < -0.3 is 14.2 Å². The van der Waals surface area contributed by atoms with Crippen LogP contribution in [0.25, 0.3) is 16.8 Å². The molecule has 0 radical (unpaired) electrons. The zero-order valence-corrected chi connectivity index (χ0v) is 17.6. The van der Waals surface area contributed by atoms with E-state index in [2.05, 4.69) is 38.8 Å². The van der Waals surface area contributed by atoms with Crippen LogP contribution in [-0.2, 0) is 0 Å². The highest BCUT2D eigenvalue weighted by Gasteiger charge is 2.29. The van der Waals surface area contributed by atoms with Gasteiger partial charge in [-0.1, -0.05) is 44.2 Å². The first-order valence-corrected chi connectivity index (χ1v) is 11.6. The quantitative estimate of drug-likeness (QED) is 0.635. The number of hydrogen-bond acceptors (Lipinski definition) is 4. The summed E-state index contributed by atoms with van der Waals surface area (Å²) in [5.74, 6) is 0.916. The monoisotopic (exact) mass is 395 g/mol. The molecule has 1 saturated heterocycles. The largest absolute Gasteiger partial charge is 0.463 e. The molecule has 0 bridgehead atoms. The van der Waals surface area contributed by atoms with E-state index in [0.717, 1.165) is 17.3 Å². The van der Waals surface area contributed by atoms with Crippen LogP contribution in [0.4, 0.5) is 0 Å². The van der Waals surface area contributed by atoms with Crippen molar-refractivity contribution in [2.45, 2.75) is 76.8 Å². The molecule has 6 nitrogen and oxygen atoms in total. The highest BCUT2D eigenvalue weighted by atomic mass is 16.5. The summed E-state index contributed by atoms with van der Waals surface area (Å²) in [4.78, 5) is 7.50. The van der Waals surface area contributed by atoms with E-state index in [0.29, 0.717) is 18.7 Å². The van der Waals surface area contributed by atoms with Crippen LogP contribution in [-0.4, -0.2) is 49.8 Å². The molecular formula is C23H33N5O. The summed E-state index contributed by atoms with van der Waals surface area (Å²) < 4.78 is 9.97. The Morgan fingerprint density at radius 3 is 2.31 bits per heavy atom. The number of imidazole rings is 1. The van der Waals surface area contributed by atoms with Crippen LogP contribution in [0, 0.1) is 0 Å². The highest BCUT2D eigenvalue weighted by molar-refractivity contribution is 5.80. The van der Waals surface area contributed by atoms with Crippen molar-refractivity contribution in [3.63, 3.8) is 0 Å². The normalized spacial score (nSPS) is 20.9. The maximum atomic E-state index is 5.59. The Bertz CT molecular complexity index is 945. The molecule has 0 unspecified atom stereocenters. The van der Waals surface area contributed by atoms with E-state index in [4.69, 9.17) is 9.72 Å². The second kappa shape index (κ2) is 8.34. The van der Waals surface area contributed by atoms with Crippen LogP contribution in [0.1, 0.15) is 70.8 Å². The van der Waals surface area contributed by atoms with E-state index < -0.39 is 0 Å². The van der Waals surface area contributed by atoms with Crippen LogP contribution >= 0.6 is 0 Å². The number of para-hydroxylation sites is 2. The third-order valence-corrected chi connectivity index (χ3v) is 6.88. The molecule has 2 aromatic heterocycles. The predicted molar refractivity (Wildman–Crippen MR) is 116 cm³/mol. The van der Waals surface area contributed by atoms with Crippen molar-refractivity contribution in [3.8, 4) is 6.01 Å². The van der Waals surface area contributed by atoms with Crippen molar-refractivity contribution in [3.05, 3.63) is 24.3 Å². The number of aromatic nitrogens is 4. The standard InChI is InChI=1S/C23H33N5O/c1-2-29-22-24-23-27(20-12-8-9-13-21(20)28(23)25-22)19-14-16-26(17-15-19)18-10-6-4-3-5-7-11-18/h8-9,12-13,18-19H,2-7,10-11,14-17H2,1H3. The Morgan fingerprint density at radius 1 is 0.897 bits per heavy atom. The summed E-state index contributed by atoms with van der Waals surface area (Å²) in [5.41, 5.74) is 2.35. The second-order valence-electron chi connectivity index (χ2n) is 8.66. The Morgan fingerprint density at radius 2 is 1.59 bits per heavy atom. The molecule has 3 heterocycles. The Balaban J connectivity index is 1.39. The van der Waals surface area contributed by atoms with Gasteiger partial charge in [0.15, 0.2) is 0 Å². The topological polar surface area (TPSA) is 47.6 Å². The molecule has 1 aromatic carbocycles. The summed E-state index contributed by atoms with van der Waals surface area (Å²) in [5, 5.41) is 4.61. The second-order valence-corrected chi connectivity index (χ2v) is 8.66. The van der Waals surface area contributed by atoms with E-state index in [1.807, 2.05) is 11.4 Å². The van der Waals surface area contributed by atoms with Crippen molar-refractivity contribution in [1.29, 1.82) is 0 Å². The van der Waals surface area contributed by atoms with Crippen molar-refractivity contribution < 1.29 is 4.74 Å². The summed E-state index contributed by atoms with van der Waals surface area (Å²) in [6, 6.07) is 10.3. The Kier molecular flexibility index (Phi) is 5.44. The minimum atomic E-state index is 0.473. The number of rotatable bonds is 4. The molecule has 6 heteroatoms. The summed E-state index contributed by atoms with van der Waals surface area (Å²) in [6.45, 7) is 4.95. The molecular weight excluding hydrogens is 362 g/mol. The highest BCUT2D eigenvalue weighted by Crippen LogP contribution is 2.33. The fourth-order valence-corrected chi connectivity index (χ4v) is 5.42. The maximum Gasteiger partial charge on any atom is 0.337 e. The average Bonchev–Trinajstić information content (AvgIpc) is 3.25. The number of hydrogen-bond donors (Lipinski definition) is 0. The zero-order valence-electron chi connectivity index (χ0n) is 17.6. The van der Waals surface area contributed by atoms with Gasteiger partial charge in [0.25, 0.3) is 0 Å². The summed E-state index contributed by atoms with van der Waals surface area (Å²) in [7, 11) is 0. The van der Waals surface area contributed by atoms with Crippen molar-refractivity contribution in [1.82, 2.24) is 24.1 Å². The van der Waals surface area contributed by atoms with Crippen LogP contribution < -0.4 is 4.74 Å². The number of nitrogens with zero attached hydrogens (tertiary/aromatic N) is 5. The number of ether oxygens (including phenoxy) is 1. The molecule has 2 aliphatic rings. The van der Waals surface area contributed by atoms with E-state index >= 15 is 0 Å². The van der Waals surface area contributed by atoms with Crippen molar-refractivity contribution >= 4 is 16.8 Å². The molecule has 1 aliphatic heterocycles. The number of piperidine rings is 1. The smallest absolute Gasteiger partial charge is 0.337 e. The van der Waals surface area contributed by atoms with Gasteiger partial charge in [0.05, 0.1) is 17.6 Å². The van der Waals surface area contributed by atoms with Gasteiger partial charge in [0, 0.05) is 25.2 Å². The molecule has 5 rings (SSSR count). The summed E-state index contributed by atoms with van der Waals surface area (Å²) >= 11 is 0. The molecule has 0 atom stereocenters. The molecule has 29 heavy (non-hydrogen) atoms. The van der Waals surface area contributed by atoms with Gasteiger partial charge in [-0.05, 0) is 44.7 Å². The van der Waals surface area contributed by atoms with Crippen molar-refractivity contribution in [2.24, 2.45) is 0 Å². The van der Waals surface area contributed by atoms with Gasteiger partial charge in [-0.15, -0.1) is 5.10 Å². The van der Waals surface area contributed by atoms with Gasteiger partial charge in [-0.25, -0.2) is 0 Å². The van der Waals surface area contributed by atoms with Crippen LogP contribution in [0.2, 0.25) is 0 Å². The average molecular weight is 396 g/mol.